The lowest BCUT2D eigenvalue weighted by Gasteiger charge is -2.22. The van der Waals surface area contributed by atoms with Gasteiger partial charge in [0.2, 0.25) is 0 Å². The summed E-state index contributed by atoms with van der Waals surface area (Å²) < 4.78 is 4.75. The van der Waals surface area contributed by atoms with Crippen LogP contribution in [0.3, 0.4) is 0 Å². The molecule has 1 aliphatic heterocycles. The maximum absolute atomic E-state index is 10.5. The monoisotopic (exact) mass is 146 g/mol. The zero-order valence-electron chi connectivity index (χ0n) is 4.92. The third-order valence-corrected chi connectivity index (χ3v) is 1.86. The highest BCUT2D eigenvalue weighted by molar-refractivity contribution is 8.14. The molecule has 0 aromatic rings. The van der Waals surface area contributed by atoms with Crippen LogP contribution in [0.1, 0.15) is 6.92 Å². The summed E-state index contributed by atoms with van der Waals surface area (Å²) in [6.45, 7) is 1.59. The van der Waals surface area contributed by atoms with Gasteiger partial charge in [0.15, 0.2) is 16.3 Å². The minimum atomic E-state index is -0.498. The molecule has 0 amide bonds. The molecule has 0 saturated carbocycles. The number of ether oxygens (including phenoxy) is 1. The van der Waals surface area contributed by atoms with Crippen LogP contribution in [0.5, 0.6) is 0 Å². The Hall–Kier alpha value is -0.350. The third-order valence-electron chi connectivity index (χ3n) is 0.913. The maximum atomic E-state index is 10.5. The van der Waals surface area contributed by atoms with Gasteiger partial charge in [0.05, 0.1) is 0 Å². The van der Waals surface area contributed by atoms with Gasteiger partial charge in [0.25, 0.3) is 0 Å². The first-order valence-electron chi connectivity index (χ1n) is 2.51. The van der Waals surface area contributed by atoms with Crippen molar-refractivity contribution in [1.82, 2.24) is 0 Å². The average molecular weight is 146 g/mol. The Morgan fingerprint density at radius 2 is 2.56 bits per heavy atom. The molecule has 0 N–H and O–H groups in total. The van der Waals surface area contributed by atoms with Crippen LogP contribution in [-0.4, -0.2) is 22.9 Å². The summed E-state index contributed by atoms with van der Waals surface area (Å²) in [7, 11) is 0. The maximum Gasteiger partial charge on any atom is 0.197 e. The van der Waals surface area contributed by atoms with Crippen molar-refractivity contribution in [3.63, 3.8) is 0 Å². The van der Waals surface area contributed by atoms with E-state index in [1.54, 1.807) is 0 Å². The molecule has 0 aliphatic carbocycles. The summed E-state index contributed by atoms with van der Waals surface area (Å²) in [5.74, 6) is 0.00944. The van der Waals surface area contributed by atoms with Crippen molar-refractivity contribution >= 4 is 22.7 Å². The Morgan fingerprint density at radius 1 is 1.89 bits per heavy atom. The van der Waals surface area contributed by atoms with E-state index in [1.165, 1.54) is 6.92 Å². The number of ketones is 1. The van der Waals surface area contributed by atoms with Crippen LogP contribution in [0, 0.1) is 0 Å². The second kappa shape index (κ2) is 2.49. The summed E-state index contributed by atoms with van der Waals surface area (Å²) in [6.07, 6.45) is 0. The first-order valence-corrected chi connectivity index (χ1v) is 3.39. The van der Waals surface area contributed by atoms with E-state index in [4.69, 9.17) is 4.74 Å². The van der Waals surface area contributed by atoms with Gasteiger partial charge in [-0.05, 0) is 11.8 Å². The van der Waals surface area contributed by atoms with Gasteiger partial charge in [-0.3, -0.25) is 9.59 Å². The number of carbonyl (C=O) groups is 2. The van der Waals surface area contributed by atoms with E-state index in [1.807, 2.05) is 0 Å². The largest absolute Gasteiger partial charge is 0.351 e. The van der Waals surface area contributed by atoms with Gasteiger partial charge >= 0.3 is 0 Å². The van der Waals surface area contributed by atoms with Crippen LogP contribution in [0.2, 0.25) is 0 Å². The van der Waals surface area contributed by atoms with Crippen LogP contribution in [0.25, 0.3) is 0 Å². The second-order valence-corrected chi connectivity index (χ2v) is 2.96. The van der Waals surface area contributed by atoms with Gasteiger partial charge in [0, 0.05) is 6.92 Å². The molecule has 50 valence electrons. The molecule has 4 heteroatoms. The molecule has 9 heavy (non-hydrogen) atoms. The lowest BCUT2D eigenvalue weighted by molar-refractivity contribution is -0.144. The Morgan fingerprint density at radius 3 is 2.67 bits per heavy atom. The van der Waals surface area contributed by atoms with Crippen molar-refractivity contribution in [2.45, 2.75) is 12.4 Å². The number of carbonyl (C=O) groups excluding carboxylic acids is 2. The van der Waals surface area contributed by atoms with Crippen molar-refractivity contribution in [3.05, 3.63) is 0 Å². The fraction of sp³-hybridized carbons (Fsp3) is 0.600. The van der Waals surface area contributed by atoms with Crippen LogP contribution in [0.4, 0.5) is 0 Å². The standard InChI is InChI=1S/C5H6O3S/c1-3(6)9-5-4(7)2-8-5/h5H,2H2,1H3. The Labute approximate surface area is 56.8 Å². The number of thioether (sulfide) groups is 1. The van der Waals surface area contributed by atoms with Crippen LogP contribution >= 0.6 is 11.8 Å². The molecule has 1 aliphatic rings. The van der Waals surface area contributed by atoms with Gasteiger partial charge in [-0.25, -0.2) is 0 Å². The lowest BCUT2D eigenvalue weighted by Crippen LogP contribution is -2.37. The van der Waals surface area contributed by atoms with Crippen molar-refractivity contribution in [2.24, 2.45) is 0 Å². The van der Waals surface area contributed by atoms with E-state index in [0.29, 0.717) is 0 Å². The molecule has 1 unspecified atom stereocenters. The molecular weight excluding hydrogens is 140 g/mol. The van der Waals surface area contributed by atoms with Gasteiger partial charge in [-0.1, -0.05) is 0 Å². The number of hydrogen-bond acceptors (Lipinski definition) is 4. The highest BCUT2D eigenvalue weighted by atomic mass is 32.2. The Bertz CT molecular complexity index is 154. The lowest BCUT2D eigenvalue weighted by atomic mass is 10.4. The predicted octanol–water partition coefficient (Wildman–Crippen LogP) is 0.192. The Kier molecular flexibility index (Phi) is 1.87. The molecule has 3 nitrogen and oxygen atoms in total. The van der Waals surface area contributed by atoms with Crippen LogP contribution in [0.15, 0.2) is 0 Å². The van der Waals surface area contributed by atoms with E-state index in [9.17, 15) is 9.59 Å². The molecule has 0 aromatic heterocycles. The minimum Gasteiger partial charge on any atom is -0.351 e. The average Bonchev–Trinajstić information content (AvgIpc) is 1.79. The second-order valence-electron chi connectivity index (χ2n) is 1.72. The molecule has 0 radical (unpaired) electrons. The van der Waals surface area contributed by atoms with E-state index in [-0.39, 0.29) is 17.5 Å². The molecule has 1 atom stereocenters. The molecule has 0 spiro atoms. The fourth-order valence-electron chi connectivity index (χ4n) is 0.470. The molecule has 1 rings (SSSR count). The first-order chi connectivity index (χ1) is 4.20. The zero-order chi connectivity index (χ0) is 6.85. The SMILES string of the molecule is CC(=O)SC1OCC1=O. The van der Waals surface area contributed by atoms with Crippen molar-refractivity contribution < 1.29 is 14.3 Å². The van der Waals surface area contributed by atoms with Gasteiger partial charge < -0.3 is 4.74 Å². The van der Waals surface area contributed by atoms with Crippen molar-refractivity contribution in [2.75, 3.05) is 6.61 Å². The van der Waals surface area contributed by atoms with Crippen LogP contribution in [-0.2, 0) is 14.3 Å². The number of rotatable bonds is 1. The summed E-state index contributed by atoms with van der Waals surface area (Å²) in [4.78, 5) is 20.8. The molecule has 0 aromatic carbocycles. The van der Waals surface area contributed by atoms with Gasteiger partial charge in [-0.15, -0.1) is 0 Å². The summed E-state index contributed by atoms with van der Waals surface area (Å²) >= 11 is 0.939. The van der Waals surface area contributed by atoms with Crippen LogP contribution < -0.4 is 0 Å². The molecule has 1 saturated heterocycles. The molecule has 0 bridgehead atoms. The fourth-order valence-corrected chi connectivity index (χ4v) is 1.11. The smallest absolute Gasteiger partial charge is 0.197 e. The van der Waals surface area contributed by atoms with E-state index < -0.39 is 5.44 Å². The van der Waals surface area contributed by atoms with E-state index in [2.05, 4.69) is 0 Å². The van der Waals surface area contributed by atoms with Crippen molar-refractivity contribution in [3.8, 4) is 0 Å². The van der Waals surface area contributed by atoms with E-state index in [0.717, 1.165) is 11.8 Å². The highest BCUT2D eigenvalue weighted by Crippen LogP contribution is 2.20. The summed E-state index contributed by atoms with van der Waals surface area (Å²) in [5, 5.41) is -0.0759. The van der Waals surface area contributed by atoms with Crippen molar-refractivity contribution in [1.29, 1.82) is 0 Å². The van der Waals surface area contributed by atoms with Gasteiger partial charge in [-0.2, -0.15) is 0 Å². The molecular formula is C5H6O3S. The number of hydrogen-bond donors (Lipinski definition) is 0. The normalized spacial score (nSPS) is 25.4. The Balaban J connectivity index is 2.29. The molecule has 1 heterocycles. The first kappa shape index (κ1) is 6.77. The third kappa shape index (κ3) is 1.53. The minimum absolute atomic E-state index is 0.00944. The quantitative estimate of drug-likeness (QED) is 0.529. The predicted molar refractivity (Wildman–Crippen MR) is 33.0 cm³/mol. The highest BCUT2D eigenvalue weighted by Gasteiger charge is 2.30. The van der Waals surface area contributed by atoms with Gasteiger partial charge in [0.1, 0.15) is 6.61 Å². The topological polar surface area (TPSA) is 43.4 Å². The number of Topliss-reactive ketones (excluding diaryl/α,β-unsaturated/α-hetero) is 1. The molecule has 1 fully saturated rings. The summed E-state index contributed by atoms with van der Waals surface area (Å²) in [5.41, 5.74) is -0.498. The van der Waals surface area contributed by atoms with E-state index >= 15 is 0 Å². The summed E-state index contributed by atoms with van der Waals surface area (Å²) in [6, 6.07) is 0. The zero-order valence-corrected chi connectivity index (χ0v) is 5.73.